The number of carbonyl (C=O) groups excluding carboxylic acids is 1. The molecule has 1 aromatic rings. The first kappa shape index (κ1) is 9.46. The van der Waals surface area contributed by atoms with E-state index < -0.39 is 0 Å². The Kier molecular flexibility index (Phi) is 2.68. The lowest BCUT2D eigenvalue weighted by Crippen LogP contribution is -1.94. The lowest BCUT2D eigenvalue weighted by atomic mass is 10.1. The van der Waals surface area contributed by atoms with Gasteiger partial charge in [0, 0.05) is 10.5 Å². The van der Waals surface area contributed by atoms with E-state index in [1.807, 2.05) is 24.3 Å². The zero-order valence-corrected chi connectivity index (χ0v) is 9.08. The second-order valence-corrected chi connectivity index (χ2v) is 4.13. The van der Waals surface area contributed by atoms with Gasteiger partial charge in [-0.3, -0.25) is 0 Å². The molecule has 2 rings (SSSR count). The van der Waals surface area contributed by atoms with Gasteiger partial charge in [0.15, 0.2) is 0 Å². The summed E-state index contributed by atoms with van der Waals surface area (Å²) in [6.07, 6.45) is 2.36. The van der Waals surface area contributed by atoms with Crippen LogP contribution in [0.5, 0.6) is 0 Å². The molecule has 0 spiro atoms. The van der Waals surface area contributed by atoms with Gasteiger partial charge in [-0.1, -0.05) is 28.1 Å². The molecule has 72 valence electrons. The van der Waals surface area contributed by atoms with E-state index in [2.05, 4.69) is 15.9 Å². The fourth-order valence-electron chi connectivity index (χ4n) is 1.38. The molecule has 3 heteroatoms. The molecule has 0 amide bonds. The molecule has 1 aliphatic heterocycles. The van der Waals surface area contributed by atoms with Gasteiger partial charge in [0.1, 0.15) is 6.61 Å². The predicted molar refractivity (Wildman–Crippen MR) is 56.9 cm³/mol. The predicted octanol–water partition coefficient (Wildman–Crippen LogP) is 2.47. The smallest absolute Gasteiger partial charge is 0.331 e. The fraction of sp³-hybridized carbons (Fsp3) is 0.182. The largest absolute Gasteiger partial charge is 0.458 e. The maximum atomic E-state index is 10.8. The summed E-state index contributed by atoms with van der Waals surface area (Å²) in [5.74, 6) is -0.225. The van der Waals surface area contributed by atoms with Crippen LogP contribution in [0.25, 0.3) is 0 Å². The topological polar surface area (TPSA) is 26.3 Å². The van der Waals surface area contributed by atoms with Gasteiger partial charge in [-0.05, 0) is 29.7 Å². The Hall–Kier alpha value is -1.09. The summed E-state index contributed by atoms with van der Waals surface area (Å²) >= 11 is 3.37. The van der Waals surface area contributed by atoms with Crippen molar-refractivity contribution in [3.05, 3.63) is 46.0 Å². The van der Waals surface area contributed by atoms with Gasteiger partial charge in [-0.2, -0.15) is 0 Å². The van der Waals surface area contributed by atoms with Crippen LogP contribution in [0.2, 0.25) is 0 Å². The Labute approximate surface area is 90.7 Å². The van der Waals surface area contributed by atoms with E-state index in [1.54, 1.807) is 6.08 Å². The number of halogens is 1. The number of carbonyl (C=O) groups is 1. The van der Waals surface area contributed by atoms with Crippen LogP contribution in [-0.4, -0.2) is 12.6 Å². The van der Waals surface area contributed by atoms with Crippen LogP contribution in [0.15, 0.2) is 40.4 Å². The number of rotatable bonds is 2. The van der Waals surface area contributed by atoms with Gasteiger partial charge in [-0.25, -0.2) is 4.79 Å². The lowest BCUT2D eigenvalue weighted by Gasteiger charge is -2.00. The summed E-state index contributed by atoms with van der Waals surface area (Å²) in [6.45, 7) is 0.439. The Morgan fingerprint density at radius 2 is 2.00 bits per heavy atom. The lowest BCUT2D eigenvalue weighted by molar-refractivity contribution is -0.134. The standard InChI is InChI=1S/C11H9BrO2/c12-10-3-1-8(2-4-10)5-9-6-11(13)14-7-9/h1-4,6H,5,7H2. The molecular weight excluding hydrogens is 244 g/mol. The van der Waals surface area contributed by atoms with Gasteiger partial charge in [-0.15, -0.1) is 0 Å². The first-order valence-corrected chi connectivity index (χ1v) is 5.14. The van der Waals surface area contributed by atoms with Crippen molar-refractivity contribution in [3.63, 3.8) is 0 Å². The van der Waals surface area contributed by atoms with Gasteiger partial charge in [0.25, 0.3) is 0 Å². The maximum absolute atomic E-state index is 10.8. The molecule has 14 heavy (non-hydrogen) atoms. The molecule has 0 aliphatic carbocycles. The van der Waals surface area contributed by atoms with E-state index in [0.717, 1.165) is 16.5 Å². The van der Waals surface area contributed by atoms with Crippen LogP contribution in [0, 0.1) is 0 Å². The Morgan fingerprint density at radius 3 is 2.57 bits per heavy atom. The first-order valence-electron chi connectivity index (χ1n) is 4.35. The molecule has 0 N–H and O–H groups in total. The number of hydrogen-bond donors (Lipinski definition) is 0. The molecule has 1 aliphatic rings. The van der Waals surface area contributed by atoms with Crippen molar-refractivity contribution in [1.29, 1.82) is 0 Å². The highest BCUT2D eigenvalue weighted by Gasteiger charge is 2.12. The molecule has 0 saturated heterocycles. The Balaban J connectivity index is 2.08. The average molecular weight is 253 g/mol. The van der Waals surface area contributed by atoms with Crippen molar-refractivity contribution < 1.29 is 9.53 Å². The molecular formula is C11H9BrO2. The summed E-state index contributed by atoms with van der Waals surface area (Å²) in [6, 6.07) is 8.06. The van der Waals surface area contributed by atoms with Crippen LogP contribution < -0.4 is 0 Å². The minimum atomic E-state index is -0.225. The van der Waals surface area contributed by atoms with Crippen LogP contribution in [-0.2, 0) is 16.0 Å². The maximum Gasteiger partial charge on any atom is 0.331 e. The Bertz CT molecular complexity index is 379. The molecule has 0 atom stereocenters. The third-order valence-corrected chi connectivity index (χ3v) is 2.59. The third-order valence-electron chi connectivity index (χ3n) is 2.07. The molecule has 0 unspecified atom stereocenters. The van der Waals surface area contributed by atoms with Crippen molar-refractivity contribution in [2.75, 3.05) is 6.61 Å². The highest BCUT2D eigenvalue weighted by Crippen LogP contribution is 2.16. The van der Waals surface area contributed by atoms with Crippen molar-refractivity contribution in [3.8, 4) is 0 Å². The van der Waals surface area contributed by atoms with Gasteiger partial charge in [0.2, 0.25) is 0 Å². The van der Waals surface area contributed by atoms with E-state index in [-0.39, 0.29) is 5.97 Å². The minimum absolute atomic E-state index is 0.225. The van der Waals surface area contributed by atoms with Gasteiger partial charge < -0.3 is 4.74 Å². The van der Waals surface area contributed by atoms with Crippen molar-refractivity contribution in [2.45, 2.75) is 6.42 Å². The van der Waals surface area contributed by atoms with Crippen molar-refractivity contribution >= 4 is 21.9 Å². The zero-order valence-electron chi connectivity index (χ0n) is 7.50. The van der Waals surface area contributed by atoms with Crippen molar-refractivity contribution in [2.24, 2.45) is 0 Å². The summed E-state index contributed by atoms with van der Waals surface area (Å²) < 4.78 is 5.88. The molecule has 1 aromatic carbocycles. The Morgan fingerprint density at radius 1 is 1.29 bits per heavy atom. The molecule has 0 saturated carbocycles. The summed E-state index contributed by atoms with van der Waals surface area (Å²) in [7, 11) is 0. The van der Waals surface area contributed by atoms with Crippen LogP contribution >= 0.6 is 15.9 Å². The van der Waals surface area contributed by atoms with Crippen molar-refractivity contribution in [1.82, 2.24) is 0 Å². The SMILES string of the molecule is O=C1C=C(Cc2ccc(Br)cc2)CO1. The van der Waals surface area contributed by atoms with E-state index >= 15 is 0 Å². The number of benzene rings is 1. The van der Waals surface area contributed by atoms with Crippen LogP contribution in [0.3, 0.4) is 0 Å². The molecule has 0 radical (unpaired) electrons. The number of esters is 1. The first-order chi connectivity index (χ1) is 6.74. The number of ether oxygens (including phenoxy) is 1. The van der Waals surface area contributed by atoms with E-state index in [9.17, 15) is 4.79 Å². The monoisotopic (exact) mass is 252 g/mol. The second-order valence-electron chi connectivity index (χ2n) is 3.21. The van der Waals surface area contributed by atoms with Gasteiger partial charge >= 0.3 is 5.97 Å². The van der Waals surface area contributed by atoms with Crippen LogP contribution in [0.1, 0.15) is 5.56 Å². The number of cyclic esters (lactones) is 1. The van der Waals surface area contributed by atoms with E-state index in [4.69, 9.17) is 4.74 Å². The zero-order chi connectivity index (χ0) is 9.97. The summed E-state index contributed by atoms with van der Waals surface area (Å²) in [5.41, 5.74) is 2.23. The molecule has 0 fully saturated rings. The summed E-state index contributed by atoms with van der Waals surface area (Å²) in [4.78, 5) is 10.8. The van der Waals surface area contributed by atoms with Gasteiger partial charge in [0.05, 0.1) is 0 Å². The summed E-state index contributed by atoms with van der Waals surface area (Å²) in [5, 5.41) is 0. The molecule has 2 nitrogen and oxygen atoms in total. The molecule has 0 aromatic heterocycles. The normalized spacial score (nSPS) is 15.2. The fourth-order valence-corrected chi connectivity index (χ4v) is 1.64. The minimum Gasteiger partial charge on any atom is -0.458 e. The average Bonchev–Trinajstić information content (AvgIpc) is 2.56. The molecule has 0 bridgehead atoms. The third kappa shape index (κ3) is 2.23. The van der Waals surface area contributed by atoms with Crippen LogP contribution in [0.4, 0.5) is 0 Å². The number of hydrogen-bond acceptors (Lipinski definition) is 2. The second kappa shape index (κ2) is 3.96. The van der Waals surface area contributed by atoms with E-state index in [1.165, 1.54) is 5.56 Å². The highest BCUT2D eigenvalue weighted by atomic mass is 79.9. The van der Waals surface area contributed by atoms with E-state index in [0.29, 0.717) is 6.61 Å². The highest BCUT2D eigenvalue weighted by molar-refractivity contribution is 9.10. The molecule has 1 heterocycles. The quantitative estimate of drug-likeness (QED) is 0.757.